The van der Waals surface area contributed by atoms with E-state index in [1.807, 2.05) is 6.26 Å². The summed E-state index contributed by atoms with van der Waals surface area (Å²) < 4.78 is 0.0903. The highest BCUT2D eigenvalue weighted by Crippen LogP contribution is 2.45. The number of fused-ring (bicyclic) bond motifs is 1. The third kappa shape index (κ3) is 3.36. The van der Waals surface area contributed by atoms with Gasteiger partial charge in [-0.15, -0.1) is 0 Å². The molecule has 0 saturated carbocycles. The van der Waals surface area contributed by atoms with Gasteiger partial charge in [-0.2, -0.15) is 11.8 Å². The van der Waals surface area contributed by atoms with Crippen LogP contribution in [0.15, 0.2) is 29.2 Å². The number of para-hydroxylation sites is 1. The Morgan fingerprint density at radius 1 is 1.25 bits per heavy atom. The van der Waals surface area contributed by atoms with Crippen molar-refractivity contribution in [1.29, 1.82) is 0 Å². The van der Waals surface area contributed by atoms with Gasteiger partial charge in [0, 0.05) is 12.5 Å². The second-order valence-electron chi connectivity index (χ2n) is 6.06. The number of thiocarbonyl (C=S) groups is 1. The van der Waals surface area contributed by atoms with Crippen LogP contribution in [0.3, 0.4) is 0 Å². The molecule has 0 aliphatic carbocycles. The van der Waals surface area contributed by atoms with E-state index < -0.39 is 29.7 Å². The van der Waals surface area contributed by atoms with Crippen molar-refractivity contribution in [3.63, 3.8) is 0 Å². The molecule has 1 atom stereocenters. The molecule has 0 bridgehead atoms. The molecule has 1 fully saturated rings. The number of benzene rings is 1. The van der Waals surface area contributed by atoms with Gasteiger partial charge in [0.2, 0.25) is 5.91 Å². The van der Waals surface area contributed by atoms with Crippen LogP contribution in [0.25, 0.3) is 5.57 Å². The van der Waals surface area contributed by atoms with Gasteiger partial charge in [-0.05, 0) is 24.5 Å². The third-order valence-electron chi connectivity index (χ3n) is 4.36. The van der Waals surface area contributed by atoms with Crippen molar-refractivity contribution < 1.29 is 24.3 Å². The zero-order valence-corrected chi connectivity index (χ0v) is 17.4. The Balaban J connectivity index is 2.09. The van der Waals surface area contributed by atoms with Crippen LogP contribution in [-0.2, 0) is 19.2 Å². The van der Waals surface area contributed by atoms with Crippen molar-refractivity contribution in [2.75, 3.05) is 16.9 Å². The molecular weight excluding hydrogens is 420 g/mol. The summed E-state index contributed by atoms with van der Waals surface area (Å²) >= 11 is 7.63. The summed E-state index contributed by atoms with van der Waals surface area (Å²) in [6.45, 7) is 1.27. The maximum atomic E-state index is 13.1. The summed E-state index contributed by atoms with van der Waals surface area (Å²) in [6.07, 6.45) is 2.07. The van der Waals surface area contributed by atoms with Crippen molar-refractivity contribution >= 4 is 75.0 Å². The molecule has 1 saturated heterocycles. The molecule has 0 radical (unpaired) electrons. The lowest BCUT2D eigenvalue weighted by Crippen LogP contribution is -2.44. The fourth-order valence-corrected chi connectivity index (χ4v) is 5.03. The average molecular weight is 437 g/mol. The number of rotatable bonds is 5. The molecule has 0 aromatic heterocycles. The molecule has 1 aromatic carbocycles. The third-order valence-corrected chi connectivity index (χ3v) is 6.41. The molecule has 0 spiro atoms. The van der Waals surface area contributed by atoms with Crippen LogP contribution in [0.5, 0.6) is 0 Å². The summed E-state index contributed by atoms with van der Waals surface area (Å²) in [7, 11) is 0. The van der Waals surface area contributed by atoms with E-state index in [1.54, 1.807) is 24.3 Å². The smallest absolute Gasteiger partial charge is 0.326 e. The van der Waals surface area contributed by atoms with Gasteiger partial charge >= 0.3 is 5.97 Å². The number of carbonyl (C=O) groups excluding carboxylic acids is 3. The second-order valence-corrected chi connectivity index (χ2v) is 8.69. The number of carboxylic acid groups (broad SMARTS) is 1. The van der Waals surface area contributed by atoms with Gasteiger partial charge in [-0.1, -0.05) is 42.2 Å². The zero-order chi connectivity index (χ0) is 20.6. The minimum absolute atomic E-state index is 0.0570. The van der Waals surface area contributed by atoms with Crippen LogP contribution >= 0.6 is 35.7 Å². The molecule has 1 N–H and O–H groups in total. The quantitative estimate of drug-likeness (QED) is 0.555. The molecule has 146 valence electrons. The first-order valence-electron chi connectivity index (χ1n) is 8.25. The molecule has 2 aliphatic heterocycles. The van der Waals surface area contributed by atoms with Crippen molar-refractivity contribution in [2.24, 2.45) is 0 Å². The maximum absolute atomic E-state index is 13.1. The van der Waals surface area contributed by atoms with Gasteiger partial charge in [-0.25, -0.2) is 9.69 Å². The normalized spacial score (nSPS) is 20.0. The van der Waals surface area contributed by atoms with Gasteiger partial charge in [0.15, 0.2) is 0 Å². The second kappa shape index (κ2) is 8.06. The van der Waals surface area contributed by atoms with Gasteiger partial charge in [-0.3, -0.25) is 19.3 Å². The summed E-state index contributed by atoms with van der Waals surface area (Å²) in [4.78, 5) is 51.8. The number of carboxylic acids is 1. The van der Waals surface area contributed by atoms with Gasteiger partial charge in [0.1, 0.15) is 10.4 Å². The highest BCUT2D eigenvalue weighted by Gasteiger charge is 2.46. The van der Waals surface area contributed by atoms with E-state index in [0.717, 1.165) is 21.6 Å². The Morgan fingerprint density at radius 2 is 1.93 bits per heavy atom. The van der Waals surface area contributed by atoms with E-state index in [1.165, 1.54) is 18.7 Å². The van der Waals surface area contributed by atoms with E-state index in [9.17, 15) is 24.3 Å². The number of carbonyl (C=O) groups is 4. The monoisotopic (exact) mass is 436 g/mol. The minimum Gasteiger partial charge on any atom is -0.480 e. The fraction of sp³-hybridized carbons (Fsp3) is 0.278. The number of hydrogen-bond acceptors (Lipinski definition) is 7. The van der Waals surface area contributed by atoms with E-state index in [4.69, 9.17) is 12.2 Å². The first-order valence-corrected chi connectivity index (χ1v) is 10.9. The number of amides is 3. The lowest BCUT2D eigenvalue weighted by Gasteiger charge is -2.22. The van der Waals surface area contributed by atoms with Crippen LogP contribution in [0, 0.1) is 0 Å². The molecule has 28 heavy (non-hydrogen) atoms. The van der Waals surface area contributed by atoms with Gasteiger partial charge in [0.05, 0.1) is 16.2 Å². The minimum atomic E-state index is -1.15. The largest absolute Gasteiger partial charge is 0.480 e. The molecule has 2 heterocycles. The van der Waals surface area contributed by atoms with Crippen LogP contribution in [-0.4, -0.2) is 56.1 Å². The zero-order valence-electron chi connectivity index (χ0n) is 15.0. The number of hydrogen-bond donors (Lipinski definition) is 1. The van der Waals surface area contributed by atoms with Crippen molar-refractivity contribution in [3.8, 4) is 0 Å². The van der Waals surface area contributed by atoms with Crippen LogP contribution in [0.4, 0.5) is 5.69 Å². The number of anilines is 1. The summed E-state index contributed by atoms with van der Waals surface area (Å²) in [5.41, 5.74) is 0.941. The number of aliphatic carboxylic acids is 1. The van der Waals surface area contributed by atoms with Crippen LogP contribution in [0.2, 0.25) is 0 Å². The average Bonchev–Trinajstić information content (AvgIpc) is 3.08. The van der Waals surface area contributed by atoms with E-state index in [0.29, 0.717) is 17.0 Å². The molecular formula is C18H16N2O5S3. The van der Waals surface area contributed by atoms with Gasteiger partial charge in [0.25, 0.3) is 11.8 Å². The standard InChI is InChI=1S/C18H16N2O5S3/c1-9(21)19-11-6-4-3-5-10(11)13(15(19)22)14-16(23)20(18(26)28-14)12(17(24)25)7-8-27-2/h3-6,12H,7-8H2,1-2H3,(H,24,25)/b14-13+/t12-/m0/s1. The molecule has 10 heteroatoms. The summed E-state index contributed by atoms with van der Waals surface area (Å²) in [5.74, 6) is -2.30. The Kier molecular flexibility index (Phi) is 5.92. The Morgan fingerprint density at radius 3 is 2.54 bits per heavy atom. The highest BCUT2D eigenvalue weighted by molar-refractivity contribution is 8.26. The predicted octanol–water partition coefficient (Wildman–Crippen LogP) is 2.36. The molecule has 1 aromatic rings. The first kappa shape index (κ1) is 20.6. The Hall–Kier alpha value is -2.17. The van der Waals surface area contributed by atoms with Crippen LogP contribution < -0.4 is 4.90 Å². The summed E-state index contributed by atoms with van der Waals surface area (Å²) in [5, 5.41) is 9.56. The van der Waals surface area contributed by atoms with Gasteiger partial charge < -0.3 is 5.11 Å². The maximum Gasteiger partial charge on any atom is 0.326 e. The Bertz CT molecular complexity index is 943. The number of thioether (sulfide) groups is 2. The number of imide groups is 1. The number of nitrogens with zero attached hydrogens (tertiary/aromatic N) is 2. The van der Waals surface area contributed by atoms with Crippen molar-refractivity contribution in [3.05, 3.63) is 34.7 Å². The molecule has 7 nitrogen and oxygen atoms in total. The van der Waals surface area contributed by atoms with E-state index in [2.05, 4.69) is 0 Å². The van der Waals surface area contributed by atoms with Crippen LogP contribution in [0.1, 0.15) is 18.9 Å². The first-order chi connectivity index (χ1) is 13.3. The Labute approximate surface area is 175 Å². The predicted molar refractivity (Wildman–Crippen MR) is 113 cm³/mol. The molecule has 0 unspecified atom stereocenters. The summed E-state index contributed by atoms with van der Waals surface area (Å²) in [6, 6.07) is 5.57. The highest BCUT2D eigenvalue weighted by atomic mass is 32.2. The van der Waals surface area contributed by atoms with Crippen molar-refractivity contribution in [2.45, 2.75) is 19.4 Å². The molecule has 3 amide bonds. The SMILES string of the molecule is CSCC[C@@H](C(=O)O)N1C(=O)/C(=C2\C(=O)N(C(C)=O)c3ccccc32)SC1=S. The topological polar surface area (TPSA) is 95.0 Å². The molecule has 2 aliphatic rings. The lowest BCUT2D eigenvalue weighted by atomic mass is 10.1. The molecule has 3 rings (SSSR count). The van der Waals surface area contributed by atoms with E-state index >= 15 is 0 Å². The lowest BCUT2D eigenvalue weighted by molar-refractivity contribution is -0.145. The van der Waals surface area contributed by atoms with Crippen molar-refractivity contribution in [1.82, 2.24) is 4.90 Å². The fourth-order valence-electron chi connectivity index (χ4n) is 3.14. The van der Waals surface area contributed by atoms with E-state index in [-0.39, 0.29) is 21.2 Å².